The number of para-hydroxylation sites is 1. The normalized spacial score (nSPS) is 11.5. The Morgan fingerprint density at radius 3 is 2.59 bits per heavy atom. The van der Waals surface area contributed by atoms with E-state index in [1.807, 2.05) is 22.6 Å². The van der Waals surface area contributed by atoms with Crippen LogP contribution >= 0.6 is 11.8 Å². The Morgan fingerprint density at radius 1 is 1.16 bits per heavy atom. The van der Waals surface area contributed by atoms with Crippen LogP contribution in [0.25, 0.3) is 16.7 Å². The quantitative estimate of drug-likeness (QED) is 0.321. The number of thioether (sulfide) groups is 1. The number of benzene rings is 1. The van der Waals surface area contributed by atoms with Crippen molar-refractivity contribution in [3.05, 3.63) is 57.1 Å². The van der Waals surface area contributed by atoms with Crippen LogP contribution in [0.4, 0.5) is 0 Å². The number of carbonyl (C=O) groups is 2. The van der Waals surface area contributed by atoms with Crippen molar-refractivity contribution in [2.45, 2.75) is 52.2 Å². The van der Waals surface area contributed by atoms with E-state index in [1.165, 1.54) is 18.7 Å². The number of rotatable bonds is 8. The maximum absolute atomic E-state index is 13.0. The average molecular weight is 452 g/mol. The molecule has 0 saturated carbocycles. The van der Waals surface area contributed by atoms with E-state index >= 15 is 0 Å². The van der Waals surface area contributed by atoms with Gasteiger partial charge in [0.05, 0.1) is 22.3 Å². The SMILES string of the molecule is CCCCn1c(=O)c2ccccc2n2c(SCC(=O)c3[nH]c(C)c(C(C)=O)c3C)nnc12. The number of aromatic amines is 1. The lowest BCUT2D eigenvalue weighted by Gasteiger charge is -2.10. The van der Waals surface area contributed by atoms with Crippen LogP contribution in [0.15, 0.2) is 34.2 Å². The summed E-state index contributed by atoms with van der Waals surface area (Å²) < 4.78 is 3.50. The summed E-state index contributed by atoms with van der Waals surface area (Å²) in [7, 11) is 0. The fraction of sp³-hybridized carbons (Fsp3) is 0.348. The van der Waals surface area contributed by atoms with Gasteiger partial charge in [0.25, 0.3) is 5.56 Å². The molecule has 3 aromatic heterocycles. The highest BCUT2D eigenvalue weighted by molar-refractivity contribution is 7.99. The third kappa shape index (κ3) is 3.66. The molecule has 0 aliphatic heterocycles. The minimum Gasteiger partial charge on any atom is -0.355 e. The molecule has 0 bridgehead atoms. The molecule has 0 fully saturated rings. The molecule has 0 spiro atoms. The Balaban J connectivity index is 1.73. The van der Waals surface area contributed by atoms with Crippen molar-refractivity contribution in [3.63, 3.8) is 0 Å². The van der Waals surface area contributed by atoms with E-state index in [4.69, 9.17) is 0 Å². The molecular weight excluding hydrogens is 426 g/mol. The molecule has 0 aliphatic rings. The van der Waals surface area contributed by atoms with Crippen molar-refractivity contribution in [3.8, 4) is 0 Å². The van der Waals surface area contributed by atoms with Crippen LogP contribution in [0.3, 0.4) is 0 Å². The van der Waals surface area contributed by atoms with Gasteiger partial charge in [0, 0.05) is 17.8 Å². The zero-order chi connectivity index (χ0) is 23.0. The molecule has 1 N–H and O–H groups in total. The number of ketones is 2. The summed E-state index contributed by atoms with van der Waals surface area (Å²) in [5.41, 5.74) is 3.01. The molecule has 0 radical (unpaired) electrons. The first-order valence-electron chi connectivity index (χ1n) is 10.6. The molecule has 3 heterocycles. The largest absolute Gasteiger partial charge is 0.355 e. The van der Waals surface area contributed by atoms with Crippen molar-refractivity contribution >= 4 is 40.0 Å². The van der Waals surface area contributed by atoms with E-state index in [-0.39, 0.29) is 22.9 Å². The van der Waals surface area contributed by atoms with Crippen LogP contribution < -0.4 is 5.56 Å². The number of Topliss-reactive ketones (excluding diaryl/α,β-unsaturated/α-hetero) is 2. The predicted octanol–water partition coefficient (Wildman–Crippen LogP) is 3.97. The zero-order valence-electron chi connectivity index (χ0n) is 18.6. The maximum Gasteiger partial charge on any atom is 0.262 e. The van der Waals surface area contributed by atoms with Crippen molar-refractivity contribution in [2.75, 3.05) is 5.75 Å². The van der Waals surface area contributed by atoms with E-state index < -0.39 is 0 Å². The van der Waals surface area contributed by atoms with E-state index in [1.54, 1.807) is 24.5 Å². The summed E-state index contributed by atoms with van der Waals surface area (Å²) in [6.07, 6.45) is 1.80. The molecule has 0 saturated heterocycles. The van der Waals surface area contributed by atoms with Crippen molar-refractivity contribution in [2.24, 2.45) is 0 Å². The van der Waals surface area contributed by atoms with E-state index in [0.717, 1.165) is 12.8 Å². The summed E-state index contributed by atoms with van der Waals surface area (Å²) in [4.78, 5) is 40.9. The van der Waals surface area contributed by atoms with Gasteiger partial charge in [-0.25, -0.2) is 0 Å². The second kappa shape index (κ2) is 8.74. The molecular formula is C23H25N5O3S. The number of hydrogen-bond donors (Lipinski definition) is 1. The molecule has 0 aliphatic carbocycles. The Labute approximate surface area is 189 Å². The summed E-state index contributed by atoms with van der Waals surface area (Å²) in [6.45, 7) is 7.70. The first-order chi connectivity index (χ1) is 15.3. The molecule has 4 aromatic rings. The molecule has 32 heavy (non-hydrogen) atoms. The van der Waals surface area contributed by atoms with Crippen molar-refractivity contribution in [1.82, 2.24) is 24.1 Å². The smallest absolute Gasteiger partial charge is 0.262 e. The van der Waals surface area contributed by atoms with Crippen LogP contribution in [0.1, 0.15) is 58.8 Å². The van der Waals surface area contributed by atoms with E-state index in [9.17, 15) is 14.4 Å². The van der Waals surface area contributed by atoms with Crippen LogP contribution in [0.5, 0.6) is 0 Å². The van der Waals surface area contributed by atoms with Crippen molar-refractivity contribution in [1.29, 1.82) is 0 Å². The fourth-order valence-corrected chi connectivity index (χ4v) is 4.92. The number of carbonyl (C=O) groups excluding carboxylic acids is 2. The van der Waals surface area contributed by atoms with Crippen molar-refractivity contribution < 1.29 is 9.59 Å². The van der Waals surface area contributed by atoms with E-state index in [0.29, 0.717) is 50.9 Å². The highest BCUT2D eigenvalue weighted by Crippen LogP contribution is 2.24. The molecule has 9 heteroatoms. The third-order valence-corrected chi connectivity index (χ3v) is 6.54. The summed E-state index contributed by atoms with van der Waals surface area (Å²) in [5, 5.41) is 9.71. The highest BCUT2D eigenvalue weighted by atomic mass is 32.2. The van der Waals surface area contributed by atoms with Crippen LogP contribution in [0, 0.1) is 13.8 Å². The Hall–Kier alpha value is -3.20. The van der Waals surface area contributed by atoms with Gasteiger partial charge in [0.1, 0.15) is 0 Å². The van der Waals surface area contributed by atoms with Crippen LogP contribution in [0.2, 0.25) is 0 Å². The van der Waals surface area contributed by atoms with Gasteiger partial charge >= 0.3 is 0 Å². The standard InChI is InChI=1S/C23H25N5O3S/c1-5-6-11-27-21(31)16-9-7-8-10-17(16)28-22(27)25-26-23(28)32-12-18(30)20-13(2)19(15(4)29)14(3)24-20/h7-10,24H,5-6,11-12H2,1-4H3. The molecule has 0 unspecified atom stereocenters. The van der Waals surface area contributed by atoms with E-state index in [2.05, 4.69) is 22.1 Å². The van der Waals surface area contributed by atoms with Gasteiger partial charge in [0.15, 0.2) is 16.7 Å². The van der Waals surface area contributed by atoms with Gasteiger partial charge in [-0.05, 0) is 44.9 Å². The number of nitrogens with one attached hydrogen (secondary N) is 1. The number of aromatic nitrogens is 5. The number of fused-ring (bicyclic) bond motifs is 3. The number of aryl methyl sites for hydroxylation is 2. The second-order valence-corrected chi connectivity index (χ2v) is 8.78. The Morgan fingerprint density at radius 2 is 1.91 bits per heavy atom. The lowest BCUT2D eigenvalue weighted by atomic mass is 10.1. The second-order valence-electron chi connectivity index (χ2n) is 7.84. The monoisotopic (exact) mass is 451 g/mol. The van der Waals surface area contributed by atoms with Gasteiger partial charge in [-0.3, -0.25) is 23.4 Å². The van der Waals surface area contributed by atoms with Gasteiger partial charge in [0.2, 0.25) is 5.78 Å². The minimum atomic E-state index is -0.122. The van der Waals surface area contributed by atoms with Gasteiger partial charge in [-0.15, -0.1) is 10.2 Å². The number of unbranched alkanes of at least 4 members (excludes halogenated alkanes) is 1. The Kier molecular flexibility index (Phi) is 6.01. The Bertz CT molecular complexity index is 1410. The first kappa shape index (κ1) is 22.0. The molecule has 0 atom stereocenters. The first-order valence-corrected chi connectivity index (χ1v) is 11.6. The van der Waals surface area contributed by atoms with Crippen LogP contribution in [-0.2, 0) is 6.54 Å². The van der Waals surface area contributed by atoms with Gasteiger partial charge in [-0.2, -0.15) is 0 Å². The lowest BCUT2D eigenvalue weighted by Crippen LogP contribution is -2.23. The number of hydrogen-bond acceptors (Lipinski definition) is 6. The molecule has 8 nitrogen and oxygen atoms in total. The summed E-state index contributed by atoms with van der Waals surface area (Å²) in [6, 6.07) is 7.36. The molecule has 166 valence electrons. The maximum atomic E-state index is 13.0. The summed E-state index contributed by atoms with van der Waals surface area (Å²) >= 11 is 1.26. The summed E-state index contributed by atoms with van der Waals surface area (Å²) in [5.74, 6) is 0.413. The van der Waals surface area contributed by atoms with Gasteiger partial charge < -0.3 is 4.98 Å². The predicted molar refractivity (Wildman–Crippen MR) is 125 cm³/mol. The topological polar surface area (TPSA) is 102 Å². The average Bonchev–Trinajstić information content (AvgIpc) is 3.32. The highest BCUT2D eigenvalue weighted by Gasteiger charge is 2.22. The fourth-order valence-electron chi connectivity index (χ4n) is 4.10. The molecule has 1 aromatic carbocycles. The lowest BCUT2D eigenvalue weighted by molar-refractivity contribution is 0.101. The number of H-pyrrole nitrogens is 1. The van der Waals surface area contributed by atoms with Crippen LogP contribution in [-0.4, -0.2) is 41.5 Å². The minimum absolute atomic E-state index is 0.0667. The third-order valence-electron chi connectivity index (χ3n) is 5.61. The zero-order valence-corrected chi connectivity index (χ0v) is 19.4. The molecule has 0 amide bonds. The van der Waals surface area contributed by atoms with Gasteiger partial charge in [-0.1, -0.05) is 37.2 Å². The number of nitrogens with zero attached hydrogens (tertiary/aromatic N) is 4. The molecule has 4 rings (SSSR count).